The van der Waals surface area contributed by atoms with Gasteiger partial charge in [-0.3, -0.25) is 19.2 Å². The summed E-state index contributed by atoms with van der Waals surface area (Å²) < 4.78 is 18.4. The molecule has 0 aliphatic carbocycles. The third-order valence-corrected chi connectivity index (χ3v) is 10.00. The number of carbonyl (C=O) groups excluding carboxylic acids is 4. The number of carboxylic acids is 1. The molecular weight excluding hydrogens is 749 g/mol. The van der Waals surface area contributed by atoms with Gasteiger partial charge in [-0.2, -0.15) is 0 Å². The number of ether oxygens (including phenoxy) is 3. The zero-order chi connectivity index (χ0) is 43.4. The van der Waals surface area contributed by atoms with Crippen LogP contribution in [0.15, 0.2) is 53.6 Å². The molecule has 4 N–H and O–H groups in total. The molecule has 0 heterocycles. The van der Waals surface area contributed by atoms with Gasteiger partial charge < -0.3 is 40.2 Å². The van der Waals surface area contributed by atoms with Crippen LogP contribution in [0.4, 0.5) is 0 Å². The smallest absolute Gasteiger partial charge is 0.326 e. The molecule has 3 amide bonds. The van der Waals surface area contributed by atoms with E-state index < -0.39 is 54.1 Å². The minimum atomic E-state index is -1.15. The first kappa shape index (κ1) is 51.3. The maximum absolute atomic E-state index is 14.3. The van der Waals surface area contributed by atoms with Crippen LogP contribution >= 0.6 is 11.8 Å². The summed E-state index contributed by atoms with van der Waals surface area (Å²) in [5.74, 6) is -2.71. The Bertz CT molecular complexity index is 1480. The number of allylic oxidation sites excluding steroid dienone is 1. The van der Waals surface area contributed by atoms with Crippen molar-refractivity contribution in [2.45, 2.75) is 124 Å². The van der Waals surface area contributed by atoms with Crippen molar-refractivity contribution in [1.29, 1.82) is 0 Å². The number of nitrogens with zero attached hydrogens (tertiary/aromatic N) is 2. The zero-order valence-corrected chi connectivity index (χ0v) is 37.1. The Morgan fingerprint density at radius 3 is 2.07 bits per heavy atom. The third-order valence-electron chi connectivity index (χ3n) is 9.62. The lowest BCUT2D eigenvalue weighted by Crippen LogP contribution is -2.54. The van der Waals surface area contributed by atoms with E-state index in [0.29, 0.717) is 18.8 Å². The summed E-state index contributed by atoms with van der Waals surface area (Å²) in [6.07, 6.45) is 5.51. The molecular formula is C43H70N4O9S. The number of esters is 1. The summed E-state index contributed by atoms with van der Waals surface area (Å²) in [6, 6.07) is 6.48. The Morgan fingerprint density at radius 2 is 1.54 bits per heavy atom. The Labute approximate surface area is 345 Å². The largest absolute Gasteiger partial charge is 0.480 e. The molecule has 1 aromatic rings. The van der Waals surface area contributed by atoms with E-state index in [2.05, 4.69) is 5.32 Å². The minimum absolute atomic E-state index is 0.0321. The van der Waals surface area contributed by atoms with Gasteiger partial charge in [0.2, 0.25) is 11.8 Å². The summed E-state index contributed by atoms with van der Waals surface area (Å²) in [6.45, 7) is 16.8. The molecule has 1 aromatic carbocycles. The molecule has 0 saturated carbocycles. The van der Waals surface area contributed by atoms with Gasteiger partial charge in [0, 0.05) is 26.4 Å². The number of hydrogen-bond donors (Lipinski definition) is 3. The highest BCUT2D eigenvalue weighted by Gasteiger charge is 2.35. The van der Waals surface area contributed by atoms with Crippen LogP contribution in [-0.4, -0.2) is 120 Å². The molecule has 322 valence electrons. The van der Waals surface area contributed by atoms with Gasteiger partial charge in [0.05, 0.1) is 25.2 Å². The molecule has 14 heteroatoms. The first-order valence-corrected chi connectivity index (χ1v) is 21.2. The normalized spacial score (nSPS) is 15.9. The predicted molar refractivity (Wildman–Crippen MR) is 226 cm³/mol. The lowest BCUT2D eigenvalue weighted by atomic mass is 9.90. The van der Waals surface area contributed by atoms with E-state index in [1.165, 1.54) is 16.8 Å². The van der Waals surface area contributed by atoms with Crippen LogP contribution in [0.25, 0.3) is 0 Å². The van der Waals surface area contributed by atoms with Gasteiger partial charge in [-0.25, -0.2) is 4.79 Å². The molecule has 0 saturated heterocycles. The third kappa shape index (κ3) is 18.6. The Morgan fingerprint density at radius 1 is 0.930 bits per heavy atom. The van der Waals surface area contributed by atoms with Crippen LogP contribution in [0.1, 0.15) is 87.1 Å². The van der Waals surface area contributed by atoms with Crippen LogP contribution in [0.2, 0.25) is 0 Å². The second kappa shape index (κ2) is 26.3. The fourth-order valence-corrected chi connectivity index (χ4v) is 6.47. The average Bonchev–Trinajstić information content (AvgIpc) is 3.15. The number of carbonyl (C=O) groups is 5. The van der Waals surface area contributed by atoms with Gasteiger partial charge in [0.1, 0.15) is 30.3 Å². The molecule has 1 unspecified atom stereocenters. The molecule has 1 rings (SSSR count). The summed E-state index contributed by atoms with van der Waals surface area (Å²) in [5.41, 5.74) is 8.40. The molecule has 7 atom stereocenters. The van der Waals surface area contributed by atoms with E-state index in [0.717, 1.165) is 16.7 Å². The quantitative estimate of drug-likeness (QED) is 0.0614. The van der Waals surface area contributed by atoms with E-state index in [9.17, 15) is 29.1 Å². The van der Waals surface area contributed by atoms with Gasteiger partial charge in [-0.05, 0) is 76.2 Å². The fraction of sp³-hybridized carbons (Fsp3) is 0.651. The molecule has 0 radical (unpaired) electrons. The topological polar surface area (TPSA) is 178 Å². The van der Waals surface area contributed by atoms with Crippen molar-refractivity contribution in [2.75, 3.05) is 39.4 Å². The number of thioether (sulfide) groups is 1. The van der Waals surface area contributed by atoms with E-state index in [-0.39, 0.29) is 55.8 Å². The van der Waals surface area contributed by atoms with Gasteiger partial charge in [0.25, 0.3) is 5.91 Å². The second-order valence-corrected chi connectivity index (χ2v) is 16.6. The number of hydrogen-bond acceptors (Lipinski definition) is 10. The van der Waals surface area contributed by atoms with Gasteiger partial charge >= 0.3 is 11.9 Å². The van der Waals surface area contributed by atoms with Crippen molar-refractivity contribution in [2.24, 2.45) is 23.5 Å². The summed E-state index contributed by atoms with van der Waals surface area (Å²) in [4.78, 5) is 68.1. The SMILES string of the molecule is C/C=C(\C)[C@@H](OC(=O)C(C)N)[C@H](C)[C@H](C/C=C(\C)CO[C@H](CC(C)C)C(=O)N(C)[C@@H](Cc1ccccc1)C(=O)N(C)CC(=O)N[C@@H](CC(C)C)C(=O)O)OCSC. The highest BCUT2D eigenvalue weighted by atomic mass is 32.2. The standard InChI is InChI=1S/C43H70N4O9S/c1-13-30(7)39(56-43(53)32(9)44)31(8)36(55-26-57-12)20-19-29(6)25-54-37(22-28(4)5)41(50)47(11)35(23-33-17-15-14-16-18-33)40(49)46(10)24-38(48)45-34(42(51)52)21-27(2)3/h13-19,27-28,31-32,34-37,39H,20-26,44H2,1-12H3,(H,45,48)(H,51,52)/b29-19+,30-13+/t31-,32?,34+,35+,36+,37-,39-/m1/s1. The van der Waals surface area contributed by atoms with E-state index in [1.807, 2.05) is 104 Å². The van der Waals surface area contributed by atoms with E-state index >= 15 is 0 Å². The number of likely N-dealkylation sites (N-methyl/N-ethyl adjacent to an activating group) is 2. The van der Waals surface area contributed by atoms with Gasteiger partial charge in [-0.15, -0.1) is 11.8 Å². The van der Waals surface area contributed by atoms with Crippen LogP contribution in [0, 0.1) is 17.8 Å². The van der Waals surface area contributed by atoms with Crippen molar-refractivity contribution in [3.8, 4) is 0 Å². The Kier molecular flexibility index (Phi) is 23.7. The molecule has 0 aliphatic heterocycles. The molecule has 0 spiro atoms. The number of amides is 3. The maximum atomic E-state index is 14.3. The summed E-state index contributed by atoms with van der Waals surface area (Å²) >= 11 is 1.55. The Balaban J connectivity index is 3.29. The average molecular weight is 819 g/mol. The number of nitrogens with one attached hydrogen (secondary N) is 1. The number of nitrogens with two attached hydrogens (primary N) is 1. The summed E-state index contributed by atoms with van der Waals surface area (Å²) in [7, 11) is 3.04. The van der Waals surface area contributed by atoms with Crippen LogP contribution in [-0.2, 0) is 44.6 Å². The predicted octanol–water partition coefficient (Wildman–Crippen LogP) is 5.46. The second-order valence-electron chi connectivity index (χ2n) is 15.8. The van der Waals surface area contributed by atoms with Crippen molar-refractivity contribution in [3.05, 3.63) is 59.2 Å². The molecule has 0 aliphatic rings. The number of rotatable bonds is 26. The lowest BCUT2D eigenvalue weighted by molar-refractivity contribution is -0.153. The highest BCUT2D eigenvalue weighted by molar-refractivity contribution is 7.98. The lowest BCUT2D eigenvalue weighted by Gasteiger charge is -2.33. The molecule has 0 bridgehead atoms. The van der Waals surface area contributed by atoms with E-state index in [4.69, 9.17) is 19.9 Å². The monoisotopic (exact) mass is 818 g/mol. The van der Waals surface area contributed by atoms with Crippen molar-refractivity contribution in [1.82, 2.24) is 15.1 Å². The first-order chi connectivity index (χ1) is 26.7. The number of aliphatic carboxylic acids is 1. The van der Waals surface area contributed by atoms with Gasteiger partial charge in [0.15, 0.2) is 0 Å². The first-order valence-electron chi connectivity index (χ1n) is 19.8. The fourth-order valence-electron chi connectivity index (χ4n) is 6.16. The van der Waals surface area contributed by atoms with Crippen molar-refractivity contribution in [3.63, 3.8) is 0 Å². The van der Waals surface area contributed by atoms with Gasteiger partial charge in [-0.1, -0.05) is 82.7 Å². The molecule has 57 heavy (non-hydrogen) atoms. The highest BCUT2D eigenvalue weighted by Crippen LogP contribution is 2.26. The van der Waals surface area contributed by atoms with Crippen LogP contribution in [0.3, 0.4) is 0 Å². The number of benzene rings is 1. The van der Waals surface area contributed by atoms with E-state index in [1.54, 1.807) is 25.7 Å². The Hall–Kier alpha value is -3.72. The van der Waals surface area contributed by atoms with Crippen molar-refractivity contribution >= 4 is 41.4 Å². The maximum Gasteiger partial charge on any atom is 0.326 e. The molecule has 0 fully saturated rings. The van der Waals surface area contributed by atoms with Crippen molar-refractivity contribution < 1.29 is 43.3 Å². The molecule has 13 nitrogen and oxygen atoms in total. The minimum Gasteiger partial charge on any atom is -0.480 e. The molecule has 0 aromatic heterocycles. The number of carboxylic acid groups (broad SMARTS) is 1. The summed E-state index contributed by atoms with van der Waals surface area (Å²) in [5, 5.41) is 12.1. The zero-order valence-electron chi connectivity index (χ0n) is 36.3. The van der Waals surface area contributed by atoms with Crippen LogP contribution < -0.4 is 11.1 Å². The van der Waals surface area contributed by atoms with Crippen LogP contribution in [0.5, 0.6) is 0 Å².